The number of nitrogens with one attached hydrogen (secondary N) is 1. The van der Waals surface area contributed by atoms with Crippen LogP contribution in [0.3, 0.4) is 0 Å². The second kappa shape index (κ2) is 8.03. The molecule has 2 atom stereocenters. The van der Waals surface area contributed by atoms with Crippen LogP contribution in [0.5, 0.6) is 0 Å². The minimum atomic E-state index is 0.316. The molecule has 0 amide bonds. The fourth-order valence-electron chi connectivity index (χ4n) is 2.51. The lowest BCUT2D eigenvalue weighted by atomic mass is 10.1. The Balaban J connectivity index is 1.80. The number of benzene rings is 1. The third-order valence-electron chi connectivity index (χ3n) is 3.94. The number of thioether (sulfide) groups is 1. The second-order valence-corrected chi connectivity index (χ2v) is 6.17. The lowest BCUT2D eigenvalue weighted by Gasteiger charge is -2.32. The molecule has 0 aliphatic carbocycles. The van der Waals surface area contributed by atoms with Gasteiger partial charge < -0.3 is 10.1 Å². The SMILES string of the molecule is CCN1CCOC(CNC(C)c2ccc(SC)cc2)C1. The number of hydrogen-bond donors (Lipinski definition) is 1. The topological polar surface area (TPSA) is 24.5 Å². The van der Waals surface area contributed by atoms with Crippen LogP contribution in [-0.2, 0) is 4.74 Å². The van der Waals surface area contributed by atoms with Gasteiger partial charge in [-0.2, -0.15) is 0 Å². The molecule has 0 spiro atoms. The standard InChI is InChI=1S/C16H26N2OS/c1-4-18-9-10-19-15(12-18)11-17-13(2)14-5-7-16(20-3)8-6-14/h5-8,13,15,17H,4,9-12H2,1-3H3. The van der Waals surface area contributed by atoms with Crippen molar-refractivity contribution in [3.8, 4) is 0 Å². The van der Waals surface area contributed by atoms with Crippen LogP contribution in [0.2, 0.25) is 0 Å². The van der Waals surface area contributed by atoms with Crippen molar-refractivity contribution in [3.05, 3.63) is 29.8 Å². The third kappa shape index (κ3) is 4.48. The number of rotatable bonds is 6. The van der Waals surface area contributed by atoms with Crippen LogP contribution in [0, 0.1) is 0 Å². The molecule has 0 aromatic heterocycles. The number of likely N-dealkylation sites (N-methyl/N-ethyl adjacent to an activating group) is 1. The van der Waals surface area contributed by atoms with Gasteiger partial charge in [-0.15, -0.1) is 11.8 Å². The van der Waals surface area contributed by atoms with Gasteiger partial charge >= 0.3 is 0 Å². The average Bonchev–Trinajstić information content (AvgIpc) is 2.53. The molecule has 2 rings (SSSR count). The number of nitrogens with zero attached hydrogens (tertiary/aromatic N) is 1. The number of ether oxygens (including phenoxy) is 1. The van der Waals surface area contributed by atoms with Gasteiger partial charge in [0.05, 0.1) is 12.7 Å². The summed E-state index contributed by atoms with van der Waals surface area (Å²) < 4.78 is 5.83. The largest absolute Gasteiger partial charge is 0.374 e. The first-order valence-electron chi connectivity index (χ1n) is 7.44. The van der Waals surface area contributed by atoms with Crippen molar-refractivity contribution in [2.24, 2.45) is 0 Å². The normalized spacial score (nSPS) is 21.9. The monoisotopic (exact) mass is 294 g/mol. The van der Waals surface area contributed by atoms with Crippen molar-refractivity contribution in [1.82, 2.24) is 10.2 Å². The predicted molar refractivity (Wildman–Crippen MR) is 86.5 cm³/mol. The van der Waals surface area contributed by atoms with Gasteiger partial charge in [0.1, 0.15) is 0 Å². The van der Waals surface area contributed by atoms with Gasteiger partial charge in [-0.3, -0.25) is 4.90 Å². The van der Waals surface area contributed by atoms with Crippen LogP contribution in [-0.4, -0.2) is 50.0 Å². The van der Waals surface area contributed by atoms with Crippen LogP contribution in [0.15, 0.2) is 29.2 Å². The van der Waals surface area contributed by atoms with Crippen molar-refractivity contribution in [3.63, 3.8) is 0 Å². The first-order valence-corrected chi connectivity index (χ1v) is 8.66. The van der Waals surface area contributed by atoms with Gasteiger partial charge in [-0.05, 0) is 37.4 Å². The van der Waals surface area contributed by atoms with Crippen LogP contribution in [0.25, 0.3) is 0 Å². The molecule has 0 saturated carbocycles. The van der Waals surface area contributed by atoms with E-state index >= 15 is 0 Å². The van der Waals surface area contributed by atoms with Gasteiger partial charge in [0.25, 0.3) is 0 Å². The Bertz CT molecular complexity index is 396. The highest BCUT2D eigenvalue weighted by Gasteiger charge is 2.19. The molecule has 1 aromatic rings. The Labute approximate surface area is 127 Å². The van der Waals surface area contributed by atoms with Crippen LogP contribution < -0.4 is 5.32 Å². The first-order chi connectivity index (χ1) is 9.72. The zero-order valence-electron chi connectivity index (χ0n) is 12.8. The molecule has 1 N–H and O–H groups in total. The number of hydrogen-bond acceptors (Lipinski definition) is 4. The van der Waals surface area contributed by atoms with Crippen LogP contribution in [0.1, 0.15) is 25.5 Å². The summed E-state index contributed by atoms with van der Waals surface area (Å²) in [5.74, 6) is 0. The number of morpholine rings is 1. The Morgan fingerprint density at radius 2 is 2.15 bits per heavy atom. The van der Waals surface area contributed by atoms with Crippen molar-refractivity contribution >= 4 is 11.8 Å². The Hall–Kier alpha value is -0.550. The summed E-state index contributed by atoms with van der Waals surface area (Å²) in [4.78, 5) is 3.77. The Morgan fingerprint density at radius 3 is 2.80 bits per heavy atom. The maximum atomic E-state index is 5.83. The van der Waals surface area contributed by atoms with E-state index in [1.807, 2.05) is 0 Å². The summed E-state index contributed by atoms with van der Waals surface area (Å²) in [5.41, 5.74) is 1.34. The molecule has 0 radical (unpaired) electrons. The molecule has 3 nitrogen and oxygen atoms in total. The third-order valence-corrected chi connectivity index (χ3v) is 4.68. The van der Waals surface area contributed by atoms with Crippen molar-refractivity contribution in [2.45, 2.75) is 30.9 Å². The Morgan fingerprint density at radius 1 is 1.40 bits per heavy atom. The van der Waals surface area contributed by atoms with E-state index in [-0.39, 0.29) is 0 Å². The van der Waals surface area contributed by atoms with E-state index in [1.54, 1.807) is 11.8 Å². The maximum Gasteiger partial charge on any atom is 0.0826 e. The van der Waals surface area contributed by atoms with Gasteiger partial charge in [0.15, 0.2) is 0 Å². The highest BCUT2D eigenvalue weighted by atomic mass is 32.2. The molecular weight excluding hydrogens is 268 g/mol. The van der Waals surface area contributed by atoms with Gasteiger partial charge in [-0.1, -0.05) is 19.1 Å². The summed E-state index contributed by atoms with van der Waals surface area (Å²) >= 11 is 1.78. The molecule has 1 aromatic carbocycles. The molecule has 20 heavy (non-hydrogen) atoms. The zero-order chi connectivity index (χ0) is 14.4. The van der Waals surface area contributed by atoms with Gasteiger partial charge in [0, 0.05) is 30.6 Å². The summed E-state index contributed by atoms with van der Waals surface area (Å²) in [6, 6.07) is 9.17. The highest BCUT2D eigenvalue weighted by molar-refractivity contribution is 7.98. The van der Waals surface area contributed by atoms with Crippen LogP contribution >= 0.6 is 11.8 Å². The predicted octanol–water partition coefficient (Wildman–Crippen LogP) is 2.78. The minimum absolute atomic E-state index is 0.316. The molecule has 2 unspecified atom stereocenters. The highest BCUT2D eigenvalue weighted by Crippen LogP contribution is 2.19. The Kier molecular flexibility index (Phi) is 6.36. The van der Waals surface area contributed by atoms with Crippen molar-refractivity contribution in [2.75, 3.05) is 39.0 Å². The molecule has 1 aliphatic rings. The van der Waals surface area contributed by atoms with Crippen LogP contribution in [0.4, 0.5) is 0 Å². The minimum Gasteiger partial charge on any atom is -0.374 e. The summed E-state index contributed by atoms with van der Waals surface area (Å²) in [6.45, 7) is 9.44. The fourth-order valence-corrected chi connectivity index (χ4v) is 2.92. The summed E-state index contributed by atoms with van der Waals surface area (Å²) in [5, 5.41) is 3.59. The lowest BCUT2D eigenvalue weighted by molar-refractivity contribution is -0.0262. The lowest BCUT2D eigenvalue weighted by Crippen LogP contribution is -2.46. The van der Waals surface area contributed by atoms with E-state index in [9.17, 15) is 0 Å². The fraction of sp³-hybridized carbons (Fsp3) is 0.625. The molecule has 1 heterocycles. The second-order valence-electron chi connectivity index (χ2n) is 5.29. The average molecular weight is 294 g/mol. The van der Waals surface area contributed by atoms with E-state index in [0.717, 1.165) is 32.8 Å². The van der Waals surface area contributed by atoms with E-state index in [1.165, 1.54) is 10.5 Å². The van der Waals surface area contributed by atoms with Gasteiger partial charge in [-0.25, -0.2) is 0 Å². The molecule has 0 bridgehead atoms. The first kappa shape index (κ1) is 15.8. The molecular formula is C16H26N2OS. The summed E-state index contributed by atoms with van der Waals surface area (Å²) in [6.07, 6.45) is 2.42. The summed E-state index contributed by atoms with van der Waals surface area (Å²) in [7, 11) is 0. The molecule has 1 fully saturated rings. The maximum absolute atomic E-state index is 5.83. The zero-order valence-corrected chi connectivity index (χ0v) is 13.6. The van der Waals surface area contributed by atoms with E-state index in [0.29, 0.717) is 12.1 Å². The van der Waals surface area contributed by atoms with E-state index < -0.39 is 0 Å². The molecule has 4 heteroatoms. The smallest absolute Gasteiger partial charge is 0.0826 e. The molecule has 1 aliphatic heterocycles. The molecule has 1 saturated heterocycles. The van der Waals surface area contributed by atoms with Crippen molar-refractivity contribution < 1.29 is 4.74 Å². The van der Waals surface area contributed by atoms with Gasteiger partial charge in [0.2, 0.25) is 0 Å². The quantitative estimate of drug-likeness (QED) is 0.816. The van der Waals surface area contributed by atoms with E-state index in [4.69, 9.17) is 4.74 Å². The van der Waals surface area contributed by atoms with Crippen molar-refractivity contribution in [1.29, 1.82) is 0 Å². The van der Waals surface area contributed by atoms with E-state index in [2.05, 4.69) is 54.6 Å². The molecule has 112 valence electrons.